The Bertz CT molecular complexity index is 1170. The van der Waals surface area contributed by atoms with Crippen molar-refractivity contribution in [2.24, 2.45) is 23.4 Å². The molecule has 5 rings (SSSR count). The highest BCUT2D eigenvalue weighted by Crippen LogP contribution is 2.46. The minimum atomic E-state index is -4.57. The summed E-state index contributed by atoms with van der Waals surface area (Å²) in [5, 5.41) is 3.77. The molecule has 0 radical (unpaired) electrons. The second-order valence-electron chi connectivity index (χ2n) is 9.45. The van der Waals surface area contributed by atoms with Gasteiger partial charge in [0.05, 0.1) is 18.2 Å². The number of fused-ring (bicyclic) bond motifs is 2. The number of hydrogen-bond donors (Lipinski definition) is 4. The Balaban J connectivity index is 1.26. The molecule has 2 fully saturated rings. The van der Waals surface area contributed by atoms with Crippen molar-refractivity contribution in [2.75, 3.05) is 23.7 Å². The molecule has 1 saturated heterocycles. The van der Waals surface area contributed by atoms with Gasteiger partial charge in [-0.2, -0.15) is 13.2 Å². The van der Waals surface area contributed by atoms with E-state index in [2.05, 4.69) is 15.3 Å². The number of piperidine rings is 1. The molecule has 1 saturated carbocycles. The molecule has 0 bridgehead atoms. The van der Waals surface area contributed by atoms with Crippen molar-refractivity contribution >= 4 is 17.5 Å². The number of pyridine rings is 2. The van der Waals surface area contributed by atoms with Crippen LogP contribution in [0.2, 0.25) is 0 Å². The molecule has 35 heavy (non-hydrogen) atoms. The van der Waals surface area contributed by atoms with Crippen molar-refractivity contribution in [1.29, 1.82) is 0 Å². The number of nitrogens with two attached hydrogens (primary N) is 3. The van der Waals surface area contributed by atoms with Crippen molar-refractivity contribution in [3.8, 4) is 0 Å². The third-order valence-electron chi connectivity index (χ3n) is 6.88. The van der Waals surface area contributed by atoms with Gasteiger partial charge in [-0.25, -0.2) is 15.8 Å². The summed E-state index contributed by atoms with van der Waals surface area (Å²) in [7, 11) is 0. The number of alkyl halides is 3. The van der Waals surface area contributed by atoms with Crippen molar-refractivity contribution in [3.63, 3.8) is 0 Å². The maximum Gasteiger partial charge on any atom is 0.416 e. The van der Waals surface area contributed by atoms with Crippen molar-refractivity contribution in [1.82, 2.24) is 20.3 Å². The van der Waals surface area contributed by atoms with Crippen molar-refractivity contribution in [3.05, 3.63) is 58.7 Å². The van der Waals surface area contributed by atoms with E-state index >= 15 is 0 Å². The first-order chi connectivity index (χ1) is 16.6. The van der Waals surface area contributed by atoms with Gasteiger partial charge in [-0.1, -0.05) is 6.07 Å². The lowest BCUT2D eigenvalue weighted by Gasteiger charge is -2.23. The van der Waals surface area contributed by atoms with E-state index in [1.54, 1.807) is 6.07 Å². The highest BCUT2D eigenvalue weighted by molar-refractivity contribution is 5.92. The molecule has 3 heterocycles. The number of anilines is 2. The summed E-state index contributed by atoms with van der Waals surface area (Å²) in [4.78, 5) is 23.0. The van der Waals surface area contributed by atoms with Crippen molar-refractivity contribution < 1.29 is 18.0 Å². The van der Waals surface area contributed by atoms with Crippen LogP contribution in [0.4, 0.5) is 24.8 Å². The molecule has 0 aromatic carbocycles. The van der Waals surface area contributed by atoms with Crippen LogP contribution >= 0.6 is 0 Å². The zero-order valence-corrected chi connectivity index (χ0v) is 18.9. The van der Waals surface area contributed by atoms with E-state index in [0.29, 0.717) is 36.3 Å². The van der Waals surface area contributed by atoms with E-state index in [-0.39, 0.29) is 23.8 Å². The average molecular weight is 489 g/mol. The van der Waals surface area contributed by atoms with Crippen LogP contribution in [0.15, 0.2) is 36.3 Å². The third-order valence-corrected chi connectivity index (χ3v) is 6.88. The van der Waals surface area contributed by atoms with Crippen LogP contribution in [-0.4, -0.2) is 34.0 Å². The summed E-state index contributed by atoms with van der Waals surface area (Å²) in [6, 6.07) is 4.26. The predicted molar refractivity (Wildman–Crippen MR) is 123 cm³/mol. The molecule has 186 valence electrons. The summed E-state index contributed by atoms with van der Waals surface area (Å²) in [6.45, 7) is 1.15. The minimum Gasteiger partial charge on any atom is -0.393 e. The molecule has 3 atom stereocenters. The normalized spacial score (nSPS) is 23.1. The number of amides is 1. The molecule has 2 aliphatic carbocycles. The number of aromatic nitrogens is 2. The second kappa shape index (κ2) is 8.59. The fourth-order valence-electron chi connectivity index (χ4n) is 4.97. The van der Waals surface area contributed by atoms with Crippen LogP contribution in [0.5, 0.6) is 0 Å². The van der Waals surface area contributed by atoms with Gasteiger partial charge in [-0.15, -0.1) is 0 Å². The Morgan fingerprint density at radius 3 is 2.74 bits per heavy atom. The Labute approximate surface area is 200 Å². The molecule has 2 unspecified atom stereocenters. The standard InChI is InChI=1S/C23H27F3N8O/c24-23(25,26)16-6-21(33-8-12-5-13(12)9-33)30-7-14(16)10-34(29)11-17(27)22(35)32-19-3-2-18-15(19)1-4-20(28)31-18/h1,4,6-7,11-13,19H,2-3,5,8-10,27,29H2,(H2,28,31)(H,32,35)/b17-11-/t12?,13?,19-/m1/s1. The number of rotatable bonds is 6. The molecule has 9 nitrogen and oxygen atoms in total. The van der Waals surface area contributed by atoms with Gasteiger partial charge in [0.25, 0.3) is 5.91 Å². The second-order valence-corrected chi connectivity index (χ2v) is 9.45. The zero-order chi connectivity index (χ0) is 24.9. The van der Waals surface area contributed by atoms with E-state index in [1.807, 2.05) is 11.0 Å². The first kappa shape index (κ1) is 23.2. The molecule has 12 heteroatoms. The van der Waals surface area contributed by atoms with E-state index in [1.165, 1.54) is 6.20 Å². The van der Waals surface area contributed by atoms with Gasteiger partial charge < -0.3 is 26.7 Å². The smallest absolute Gasteiger partial charge is 0.393 e. The number of carbonyl (C=O) groups is 1. The number of aryl methyl sites for hydroxylation is 1. The molecular weight excluding hydrogens is 461 g/mol. The van der Waals surface area contributed by atoms with Crippen LogP contribution in [0.1, 0.15) is 41.3 Å². The van der Waals surface area contributed by atoms with Crippen LogP contribution in [-0.2, 0) is 23.9 Å². The monoisotopic (exact) mass is 488 g/mol. The first-order valence-corrected chi connectivity index (χ1v) is 11.4. The molecule has 0 spiro atoms. The van der Waals surface area contributed by atoms with E-state index in [0.717, 1.165) is 48.0 Å². The Morgan fingerprint density at radius 1 is 1.29 bits per heavy atom. The summed E-state index contributed by atoms with van der Waals surface area (Å²) < 4.78 is 41.4. The topological polar surface area (TPSA) is 139 Å². The lowest BCUT2D eigenvalue weighted by molar-refractivity contribution is -0.138. The average Bonchev–Trinajstić information content (AvgIpc) is 3.20. The lowest BCUT2D eigenvalue weighted by atomic mass is 10.1. The highest BCUT2D eigenvalue weighted by Gasteiger charge is 2.46. The lowest BCUT2D eigenvalue weighted by Crippen LogP contribution is -2.34. The van der Waals surface area contributed by atoms with Crippen molar-refractivity contribution in [2.45, 2.75) is 38.0 Å². The Morgan fingerprint density at radius 2 is 2.03 bits per heavy atom. The molecule has 1 aliphatic heterocycles. The van der Waals surface area contributed by atoms with Gasteiger partial charge in [0.2, 0.25) is 0 Å². The summed E-state index contributed by atoms with van der Waals surface area (Å²) in [6.07, 6.45) is 0.191. The zero-order valence-electron chi connectivity index (χ0n) is 18.9. The fraction of sp³-hybridized carbons (Fsp3) is 0.435. The molecule has 1 amide bonds. The number of nitrogens with zero attached hydrogens (tertiary/aromatic N) is 4. The minimum absolute atomic E-state index is 0.106. The van der Waals surface area contributed by atoms with Gasteiger partial charge >= 0.3 is 6.18 Å². The number of hydrogen-bond acceptors (Lipinski definition) is 8. The number of hydrazine groups is 1. The van der Waals surface area contributed by atoms with E-state index in [9.17, 15) is 18.0 Å². The first-order valence-electron chi connectivity index (χ1n) is 11.4. The van der Waals surface area contributed by atoms with Crippen LogP contribution < -0.4 is 27.5 Å². The Hall–Kier alpha value is -3.54. The SMILES string of the molecule is N/C(=C\N(N)Cc1cnc(N2CC3CC3C2)cc1C(F)(F)F)C(=O)N[C@@H]1CCc2nc(N)ccc21. The predicted octanol–water partition coefficient (Wildman–Crippen LogP) is 1.81. The van der Waals surface area contributed by atoms with Gasteiger partial charge in [0, 0.05) is 36.7 Å². The van der Waals surface area contributed by atoms with Gasteiger partial charge in [0.15, 0.2) is 0 Å². The number of carbonyl (C=O) groups excluding carboxylic acids is 1. The van der Waals surface area contributed by atoms with E-state index in [4.69, 9.17) is 17.3 Å². The maximum atomic E-state index is 13.8. The molecular formula is C23H27F3N8O. The quantitative estimate of drug-likeness (QED) is 0.274. The Kier molecular flexibility index (Phi) is 5.70. The summed E-state index contributed by atoms with van der Waals surface area (Å²) >= 11 is 0. The highest BCUT2D eigenvalue weighted by atomic mass is 19.4. The van der Waals surface area contributed by atoms with Crippen LogP contribution in [0.25, 0.3) is 0 Å². The summed E-state index contributed by atoms with van der Waals surface area (Å²) in [5.41, 5.74) is 12.1. The number of nitrogens with one attached hydrogen (secondary N) is 1. The van der Waals surface area contributed by atoms with Gasteiger partial charge in [0.1, 0.15) is 17.3 Å². The maximum absolute atomic E-state index is 13.8. The third kappa shape index (κ3) is 4.83. The molecule has 2 aromatic rings. The van der Waals surface area contributed by atoms with Gasteiger partial charge in [-0.3, -0.25) is 4.79 Å². The number of halogens is 3. The largest absolute Gasteiger partial charge is 0.416 e. The molecule has 2 aromatic heterocycles. The number of nitrogen functional groups attached to an aromatic ring is 1. The summed E-state index contributed by atoms with van der Waals surface area (Å²) in [5.74, 6) is 7.19. The van der Waals surface area contributed by atoms with Gasteiger partial charge in [-0.05, 0) is 48.8 Å². The van der Waals surface area contributed by atoms with Crippen LogP contribution in [0.3, 0.4) is 0 Å². The molecule has 7 N–H and O–H groups in total. The van der Waals surface area contributed by atoms with Crippen LogP contribution in [0, 0.1) is 11.8 Å². The van der Waals surface area contributed by atoms with E-state index < -0.39 is 17.6 Å². The molecule has 3 aliphatic rings. The fourth-order valence-corrected chi connectivity index (χ4v) is 4.97.